The van der Waals surface area contributed by atoms with Crippen molar-refractivity contribution in [1.82, 2.24) is 0 Å². The Kier molecular flexibility index (Phi) is 3.49. The lowest BCUT2D eigenvalue weighted by Gasteiger charge is -2.35. The molecule has 1 fully saturated rings. The number of aliphatic hydroxyl groups is 3. The van der Waals surface area contributed by atoms with E-state index in [0.717, 1.165) is 0 Å². The smallest absolute Gasteiger partial charge is 0.156 e. The molecular formula is C11H15NO5. The summed E-state index contributed by atoms with van der Waals surface area (Å²) in [6.07, 6.45) is -4.40. The number of ether oxygens (including phenoxy) is 1. The normalized spacial score (nSPS) is 33.4. The lowest BCUT2D eigenvalue weighted by Crippen LogP contribution is -2.55. The Labute approximate surface area is 98.1 Å². The predicted molar refractivity (Wildman–Crippen MR) is 59.5 cm³/mol. The van der Waals surface area contributed by atoms with E-state index in [1.54, 1.807) is 12.1 Å². The largest absolute Gasteiger partial charge is 0.508 e. The summed E-state index contributed by atoms with van der Waals surface area (Å²) < 4.78 is 5.16. The SMILES string of the molecule is Oc1cccc(NC2OCC(O)C(O)C2O)c1. The molecular weight excluding hydrogens is 226 g/mol. The number of anilines is 1. The van der Waals surface area contributed by atoms with Crippen LogP contribution in [0.25, 0.3) is 0 Å². The Morgan fingerprint density at radius 3 is 2.65 bits per heavy atom. The summed E-state index contributed by atoms with van der Waals surface area (Å²) in [5.41, 5.74) is 0.553. The van der Waals surface area contributed by atoms with E-state index >= 15 is 0 Å². The van der Waals surface area contributed by atoms with Crippen LogP contribution in [-0.4, -0.2) is 51.6 Å². The fraction of sp³-hybridized carbons (Fsp3) is 0.455. The van der Waals surface area contributed by atoms with E-state index in [-0.39, 0.29) is 12.4 Å². The number of hydrogen-bond acceptors (Lipinski definition) is 6. The molecule has 1 aliphatic rings. The van der Waals surface area contributed by atoms with E-state index in [1.807, 2.05) is 0 Å². The Balaban J connectivity index is 2.04. The standard InChI is InChI=1S/C11H15NO5/c13-7-3-1-2-6(4-7)12-11-10(16)9(15)8(14)5-17-11/h1-4,8-16H,5H2. The van der Waals surface area contributed by atoms with Crippen LogP contribution >= 0.6 is 0 Å². The molecule has 4 unspecified atom stereocenters. The van der Waals surface area contributed by atoms with Gasteiger partial charge < -0.3 is 30.5 Å². The molecule has 1 saturated heterocycles. The van der Waals surface area contributed by atoms with E-state index in [2.05, 4.69) is 5.32 Å². The Morgan fingerprint density at radius 1 is 1.18 bits per heavy atom. The average Bonchev–Trinajstić information content (AvgIpc) is 2.30. The quantitative estimate of drug-likeness (QED) is 0.466. The molecule has 0 aromatic heterocycles. The molecule has 17 heavy (non-hydrogen) atoms. The third-order valence-corrected chi connectivity index (χ3v) is 2.66. The second-order valence-electron chi connectivity index (χ2n) is 4.00. The van der Waals surface area contributed by atoms with Crippen molar-refractivity contribution >= 4 is 5.69 Å². The van der Waals surface area contributed by atoms with Gasteiger partial charge in [0.15, 0.2) is 6.23 Å². The molecule has 1 aromatic rings. The fourth-order valence-corrected chi connectivity index (χ4v) is 1.69. The molecule has 1 aliphatic heterocycles. The van der Waals surface area contributed by atoms with Gasteiger partial charge in [0.1, 0.15) is 24.1 Å². The first kappa shape index (κ1) is 12.1. The van der Waals surface area contributed by atoms with Crippen LogP contribution in [0.5, 0.6) is 5.75 Å². The van der Waals surface area contributed by atoms with Gasteiger partial charge in [-0.05, 0) is 12.1 Å². The van der Waals surface area contributed by atoms with Crippen molar-refractivity contribution in [1.29, 1.82) is 0 Å². The van der Waals surface area contributed by atoms with Crippen molar-refractivity contribution in [3.05, 3.63) is 24.3 Å². The highest BCUT2D eigenvalue weighted by molar-refractivity contribution is 5.48. The number of rotatable bonds is 2. The molecule has 0 radical (unpaired) electrons. The molecule has 5 N–H and O–H groups in total. The molecule has 1 aromatic carbocycles. The molecule has 6 nitrogen and oxygen atoms in total. The van der Waals surface area contributed by atoms with Crippen LogP contribution in [0.15, 0.2) is 24.3 Å². The van der Waals surface area contributed by atoms with Gasteiger partial charge in [-0.2, -0.15) is 0 Å². The van der Waals surface area contributed by atoms with Crippen molar-refractivity contribution < 1.29 is 25.2 Å². The van der Waals surface area contributed by atoms with Crippen LogP contribution in [0.3, 0.4) is 0 Å². The molecule has 0 saturated carbocycles. The van der Waals surface area contributed by atoms with Crippen LogP contribution in [0.2, 0.25) is 0 Å². The van der Waals surface area contributed by atoms with Crippen LogP contribution in [0, 0.1) is 0 Å². The number of hydrogen-bond donors (Lipinski definition) is 5. The van der Waals surface area contributed by atoms with Gasteiger partial charge in [0, 0.05) is 11.8 Å². The third-order valence-electron chi connectivity index (χ3n) is 2.66. The summed E-state index contributed by atoms with van der Waals surface area (Å²) >= 11 is 0. The van der Waals surface area contributed by atoms with Crippen molar-refractivity contribution in [3.63, 3.8) is 0 Å². The molecule has 0 bridgehead atoms. The van der Waals surface area contributed by atoms with Crippen molar-refractivity contribution in [3.8, 4) is 5.75 Å². The second-order valence-corrected chi connectivity index (χ2v) is 4.00. The topological polar surface area (TPSA) is 102 Å². The van der Waals surface area contributed by atoms with Gasteiger partial charge in [-0.3, -0.25) is 0 Å². The molecule has 0 amide bonds. The van der Waals surface area contributed by atoms with Crippen LogP contribution in [0.4, 0.5) is 5.69 Å². The van der Waals surface area contributed by atoms with Crippen LogP contribution in [-0.2, 0) is 4.74 Å². The molecule has 1 heterocycles. The van der Waals surface area contributed by atoms with Gasteiger partial charge >= 0.3 is 0 Å². The number of aromatic hydroxyl groups is 1. The number of phenols is 1. The lowest BCUT2D eigenvalue weighted by molar-refractivity contribution is -0.178. The summed E-state index contributed by atoms with van der Waals surface area (Å²) in [7, 11) is 0. The van der Waals surface area contributed by atoms with Gasteiger partial charge in [0.2, 0.25) is 0 Å². The molecule has 4 atom stereocenters. The predicted octanol–water partition coefficient (Wildman–Crippen LogP) is -0.757. The molecule has 2 rings (SSSR count). The van der Waals surface area contributed by atoms with E-state index in [4.69, 9.17) is 4.74 Å². The summed E-state index contributed by atoms with van der Waals surface area (Å²) in [6.45, 7) is -0.0608. The Morgan fingerprint density at radius 2 is 1.94 bits per heavy atom. The minimum Gasteiger partial charge on any atom is -0.508 e. The monoisotopic (exact) mass is 241 g/mol. The minimum atomic E-state index is -1.25. The molecule has 94 valence electrons. The molecule has 6 heteroatoms. The second kappa shape index (κ2) is 4.89. The van der Waals surface area contributed by atoms with Gasteiger partial charge in [0.05, 0.1) is 6.61 Å². The lowest BCUT2D eigenvalue weighted by atomic mass is 10.0. The van der Waals surface area contributed by atoms with E-state index in [0.29, 0.717) is 5.69 Å². The first-order valence-electron chi connectivity index (χ1n) is 5.29. The number of phenolic OH excluding ortho intramolecular Hbond substituents is 1. The van der Waals surface area contributed by atoms with Crippen molar-refractivity contribution in [2.75, 3.05) is 11.9 Å². The number of nitrogens with one attached hydrogen (secondary N) is 1. The summed E-state index contributed by atoms with van der Waals surface area (Å²) in [5, 5.41) is 40.5. The minimum absolute atomic E-state index is 0.0608. The highest BCUT2D eigenvalue weighted by atomic mass is 16.5. The Bertz CT molecular complexity index is 386. The zero-order valence-electron chi connectivity index (χ0n) is 9.02. The highest BCUT2D eigenvalue weighted by Crippen LogP contribution is 2.21. The first-order chi connectivity index (χ1) is 8.08. The number of benzene rings is 1. The summed E-state index contributed by atoms with van der Waals surface area (Å²) in [5.74, 6) is 0.0842. The van der Waals surface area contributed by atoms with E-state index < -0.39 is 24.5 Å². The first-order valence-corrected chi connectivity index (χ1v) is 5.29. The van der Waals surface area contributed by atoms with Gasteiger partial charge in [0.25, 0.3) is 0 Å². The zero-order chi connectivity index (χ0) is 12.4. The Hall–Kier alpha value is -1.34. The van der Waals surface area contributed by atoms with Crippen molar-refractivity contribution in [2.24, 2.45) is 0 Å². The van der Waals surface area contributed by atoms with Gasteiger partial charge in [-0.1, -0.05) is 6.07 Å². The van der Waals surface area contributed by atoms with Crippen LogP contribution < -0.4 is 5.32 Å². The van der Waals surface area contributed by atoms with Gasteiger partial charge in [-0.15, -0.1) is 0 Å². The average molecular weight is 241 g/mol. The van der Waals surface area contributed by atoms with Crippen LogP contribution in [0.1, 0.15) is 0 Å². The van der Waals surface area contributed by atoms with E-state index in [9.17, 15) is 20.4 Å². The highest BCUT2D eigenvalue weighted by Gasteiger charge is 2.37. The summed E-state index contributed by atoms with van der Waals surface area (Å²) in [6, 6.07) is 6.31. The maximum atomic E-state index is 9.68. The molecule has 0 aliphatic carbocycles. The van der Waals surface area contributed by atoms with Crippen molar-refractivity contribution in [2.45, 2.75) is 24.5 Å². The maximum absolute atomic E-state index is 9.68. The fourth-order valence-electron chi connectivity index (χ4n) is 1.69. The molecule has 0 spiro atoms. The maximum Gasteiger partial charge on any atom is 0.156 e. The zero-order valence-corrected chi connectivity index (χ0v) is 9.02. The van der Waals surface area contributed by atoms with Gasteiger partial charge in [-0.25, -0.2) is 0 Å². The van der Waals surface area contributed by atoms with E-state index in [1.165, 1.54) is 12.1 Å². The summed E-state index contributed by atoms with van der Waals surface area (Å²) in [4.78, 5) is 0. The number of aliphatic hydroxyl groups excluding tert-OH is 3. The third kappa shape index (κ3) is 2.67.